The summed E-state index contributed by atoms with van der Waals surface area (Å²) >= 11 is 0. The van der Waals surface area contributed by atoms with Gasteiger partial charge in [-0.25, -0.2) is 0 Å². The van der Waals surface area contributed by atoms with Gasteiger partial charge in [-0.15, -0.1) is 0 Å². The number of nitrogens with one attached hydrogen (secondary N) is 2. The van der Waals surface area contributed by atoms with Crippen molar-refractivity contribution in [1.29, 1.82) is 0 Å². The van der Waals surface area contributed by atoms with Gasteiger partial charge in [0.15, 0.2) is 5.78 Å². The molecule has 0 bridgehead atoms. The average Bonchev–Trinajstić information content (AvgIpc) is 3.13. The minimum absolute atomic E-state index is 0.0589. The monoisotopic (exact) mass is 373 g/mol. The lowest BCUT2D eigenvalue weighted by molar-refractivity contribution is -0.136. The van der Waals surface area contributed by atoms with Crippen LogP contribution in [0.15, 0.2) is 30.3 Å². The third-order valence-corrected chi connectivity index (χ3v) is 5.21. The third-order valence-electron chi connectivity index (χ3n) is 5.21. The second-order valence-corrected chi connectivity index (χ2v) is 7.77. The van der Waals surface area contributed by atoms with Gasteiger partial charge in [-0.05, 0) is 31.2 Å². The maximum absolute atomic E-state index is 13.1. The molecule has 2 unspecified atom stereocenters. The van der Waals surface area contributed by atoms with E-state index < -0.39 is 12.1 Å². The van der Waals surface area contributed by atoms with Gasteiger partial charge in [-0.1, -0.05) is 50.6 Å². The molecule has 1 aliphatic rings. The molecule has 27 heavy (non-hydrogen) atoms. The summed E-state index contributed by atoms with van der Waals surface area (Å²) in [6.45, 7) is 5.83. The van der Waals surface area contributed by atoms with Crippen LogP contribution < -0.4 is 16.4 Å². The summed E-state index contributed by atoms with van der Waals surface area (Å²) < 4.78 is 0. The predicted octanol–water partition coefficient (Wildman–Crippen LogP) is 1.78. The van der Waals surface area contributed by atoms with Crippen molar-refractivity contribution in [2.75, 3.05) is 0 Å². The van der Waals surface area contributed by atoms with Crippen LogP contribution in [0.3, 0.4) is 0 Å². The van der Waals surface area contributed by atoms with Gasteiger partial charge in [-0.3, -0.25) is 14.4 Å². The molecule has 0 aliphatic heterocycles. The highest BCUT2D eigenvalue weighted by molar-refractivity contribution is 5.95. The number of rotatable bonds is 8. The predicted molar refractivity (Wildman–Crippen MR) is 105 cm³/mol. The number of ketones is 1. The van der Waals surface area contributed by atoms with Crippen molar-refractivity contribution in [3.8, 4) is 0 Å². The highest BCUT2D eigenvalue weighted by Crippen LogP contribution is 2.34. The zero-order valence-electron chi connectivity index (χ0n) is 16.4. The first-order valence-corrected chi connectivity index (χ1v) is 9.72. The molecule has 2 rings (SSSR count). The maximum atomic E-state index is 13.1. The Kier molecular flexibility index (Phi) is 7.54. The van der Waals surface area contributed by atoms with E-state index in [-0.39, 0.29) is 35.4 Å². The molecular formula is C21H31N3O3. The number of benzene rings is 1. The Morgan fingerprint density at radius 3 is 2.30 bits per heavy atom. The summed E-state index contributed by atoms with van der Waals surface area (Å²) in [4.78, 5) is 37.8. The van der Waals surface area contributed by atoms with E-state index in [1.165, 1.54) is 0 Å². The minimum Gasteiger partial charge on any atom is -0.352 e. The van der Waals surface area contributed by atoms with Crippen LogP contribution in [0.2, 0.25) is 0 Å². The lowest BCUT2D eigenvalue weighted by Gasteiger charge is -2.27. The van der Waals surface area contributed by atoms with Crippen molar-refractivity contribution < 1.29 is 14.4 Å². The molecule has 0 radical (unpaired) electrons. The Hall–Kier alpha value is -2.21. The van der Waals surface area contributed by atoms with Crippen LogP contribution in [-0.2, 0) is 20.9 Å². The zero-order chi connectivity index (χ0) is 20.0. The van der Waals surface area contributed by atoms with Gasteiger partial charge in [0.05, 0.1) is 12.1 Å². The molecular weight excluding hydrogens is 342 g/mol. The van der Waals surface area contributed by atoms with Gasteiger partial charge in [0, 0.05) is 18.4 Å². The van der Waals surface area contributed by atoms with Crippen LogP contribution in [0, 0.1) is 17.8 Å². The summed E-state index contributed by atoms with van der Waals surface area (Å²) in [7, 11) is 0. The molecule has 148 valence electrons. The van der Waals surface area contributed by atoms with Gasteiger partial charge in [0.1, 0.15) is 0 Å². The van der Waals surface area contributed by atoms with Crippen molar-refractivity contribution in [3.05, 3.63) is 35.9 Å². The molecule has 0 aromatic heterocycles. The SMILES string of the molecule is CC(C)C(NC(=O)[C@H](C)N)C(=O)C1CCC[C@H]1C(=O)NCc1ccccc1. The first-order valence-electron chi connectivity index (χ1n) is 9.72. The second kappa shape index (κ2) is 9.65. The molecule has 0 saturated heterocycles. The molecule has 4 N–H and O–H groups in total. The van der Waals surface area contributed by atoms with E-state index in [1.54, 1.807) is 6.92 Å². The van der Waals surface area contributed by atoms with E-state index in [0.29, 0.717) is 19.4 Å². The average molecular weight is 373 g/mol. The molecule has 1 aromatic rings. The molecule has 1 aliphatic carbocycles. The fraction of sp³-hybridized carbons (Fsp3) is 0.571. The van der Waals surface area contributed by atoms with Crippen LogP contribution in [0.1, 0.15) is 45.6 Å². The van der Waals surface area contributed by atoms with Gasteiger partial charge < -0.3 is 16.4 Å². The number of nitrogens with two attached hydrogens (primary N) is 1. The molecule has 2 amide bonds. The van der Waals surface area contributed by atoms with E-state index in [0.717, 1.165) is 12.0 Å². The molecule has 6 heteroatoms. The molecule has 1 aromatic carbocycles. The topological polar surface area (TPSA) is 101 Å². The summed E-state index contributed by atoms with van der Waals surface area (Å²) in [6.07, 6.45) is 2.22. The summed E-state index contributed by atoms with van der Waals surface area (Å²) in [5, 5.41) is 5.72. The van der Waals surface area contributed by atoms with Gasteiger partial charge in [-0.2, -0.15) is 0 Å². The Bertz CT molecular complexity index is 658. The highest BCUT2D eigenvalue weighted by Gasteiger charge is 2.41. The van der Waals surface area contributed by atoms with Crippen molar-refractivity contribution in [2.24, 2.45) is 23.5 Å². The molecule has 1 fully saturated rings. The summed E-state index contributed by atoms with van der Waals surface area (Å²) in [5.41, 5.74) is 6.64. The van der Waals surface area contributed by atoms with Gasteiger partial charge in [0.2, 0.25) is 11.8 Å². The summed E-state index contributed by atoms with van der Waals surface area (Å²) in [5.74, 6) is -1.25. The second-order valence-electron chi connectivity index (χ2n) is 7.77. The van der Waals surface area contributed by atoms with E-state index in [4.69, 9.17) is 5.73 Å². The van der Waals surface area contributed by atoms with Crippen LogP contribution >= 0.6 is 0 Å². The van der Waals surface area contributed by atoms with Crippen molar-refractivity contribution in [1.82, 2.24) is 10.6 Å². The lowest BCUT2D eigenvalue weighted by atomic mass is 9.84. The van der Waals surface area contributed by atoms with Gasteiger partial charge >= 0.3 is 0 Å². The Morgan fingerprint density at radius 2 is 1.70 bits per heavy atom. The first kappa shape index (κ1) is 21.1. The Labute approximate surface area is 161 Å². The number of hydrogen-bond donors (Lipinski definition) is 3. The maximum Gasteiger partial charge on any atom is 0.237 e. The first-order chi connectivity index (χ1) is 12.8. The third kappa shape index (κ3) is 5.63. The van der Waals surface area contributed by atoms with Crippen molar-refractivity contribution in [2.45, 2.75) is 58.7 Å². The van der Waals surface area contributed by atoms with Crippen LogP contribution in [0.25, 0.3) is 0 Å². The molecule has 4 atom stereocenters. The van der Waals surface area contributed by atoms with Crippen molar-refractivity contribution >= 4 is 17.6 Å². The van der Waals surface area contributed by atoms with E-state index in [1.807, 2.05) is 44.2 Å². The van der Waals surface area contributed by atoms with Crippen LogP contribution in [-0.4, -0.2) is 29.7 Å². The fourth-order valence-electron chi connectivity index (χ4n) is 3.61. The number of amides is 2. The standard InChI is InChI=1S/C21H31N3O3/c1-13(2)18(24-20(26)14(3)22)19(25)16-10-7-11-17(16)21(27)23-12-15-8-5-4-6-9-15/h4-6,8-9,13-14,16-18H,7,10-12,22H2,1-3H3,(H,23,27)(H,24,26)/t14-,16?,17+,18?/m0/s1. The largest absolute Gasteiger partial charge is 0.352 e. The zero-order valence-corrected chi connectivity index (χ0v) is 16.4. The highest BCUT2D eigenvalue weighted by atomic mass is 16.2. The van der Waals surface area contributed by atoms with E-state index in [2.05, 4.69) is 10.6 Å². The normalized spacial score (nSPS) is 21.5. The van der Waals surface area contributed by atoms with E-state index >= 15 is 0 Å². The molecule has 0 heterocycles. The Morgan fingerprint density at radius 1 is 1.07 bits per heavy atom. The van der Waals surface area contributed by atoms with Crippen LogP contribution in [0.5, 0.6) is 0 Å². The number of Topliss-reactive ketones (excluding diaryl/α,β-unsaturated/α-hetero) is 1. The van der Waals surface area contributed by atoms with Crippen LogP contribution in [0.4, 0.5) is 0 Å². The Balaban J connectivity index is 2.02. The quantitative estimate of drug-likeness (QED) is 0.646. The van der Waals surface area contributed by atoms with E-state index in [9.17, 15) is 14.4 Å². The molecule has 6 nitrogen and oxygen atoms in total. The number of carbonyl (C=O) groups excluding carboxylic acids is 3. The molecule has 0 spiro atoms. The number of carbonyl (C=O) groups is 3. The lowest BCUT2D eigenvalue weighted by Crippen LogP contribution is -2.52. The smallest absolute Gasteiger partial charge is 0.237 e. The molecule has 1 saturated carbocycles. The van der Waals surface area contributed by atoms with Crippen molar-refractivity contribution in [3.63, 3.8) is 0 Å². The summed E-state index contributed by atoms with van der Waals surface area (Å²) in [6, 6.07) is 8.41. The van der Waals surface area contributed by atoms with Gasteiger partial charge in [0.25, 0.3) is 0 Å². The number of hydrogen-bond acceptors (Lipinski definition) is 4. The fourth-order valence-corrected chi connectivity index (χ4v) is 3.61. The minimum atomic E-state index is -0.674.